The number of carbonyl (C=O) groups excluding carboxylic acids is 1. The van der Waals surface area contributed by atoms with Crippen LogP contribution < -0.4 is 5.32 Å². The quantitative estimate of drug-likeness (QED) is 0.875. The van der Waals surface area contributed by atoms with Crippen LogP contribution in [0.1, 0.15) is 12.8 Å². The van der Waals surface area contributed by atoms with Crippen LogP contribution in [0.15, 0.2) is 18.2 Å². The number of hydrogen-bond donors (Lipinski definition) is 2. The summed E-state index contributed by atoms with van der Waals surface area (Å²) in [5.74, 6) is -3.12. The lowest BCUT2D eigenvalue weighted by molar-refractivity contribution is -0.143. The van der Waals surface area contributed by atoms with Crippen LogP contribution >= 0.6 is 0 Å². The van der Waals surface area contributed by atoms with Crippen molar-refractivity contribution in [2.24, 2.45) is 5.92 Å². The largest absolute Gasteiger partial charge is 0.481 e. The maximum absolute atomic E-state index is 13.0. The Morgan fingerprint density at radius 3 is 2.50 bits per heavy atom. The molecule has 0 bridgehead atoms. The molecule has 2 N–H and O–H groups in total. The number of nitrogens with zero attached hydrogens (tertiary/aromatic N) is 1. The zero-order valence-corrected chi connectivity index (χ0v) is 10.6. The number of hydrogen-bond acceptors (Lipinski definition) is 2. The Kier molecular flexibility index (Phi) is 4.16. The van der Waals surface area contributed by atoms with Gasteiger partial charge in [-0.05, 0) is 25.0 Å². The second-order valence-electron chi connectivity index (χ2n) is 4.71. The molecule has 0 aliphatic carbocycles. The maximum atomic E-state index is 13.0. The average molecular weight is 284 g/mol. The molecule has 1 fully saturated rings. The van der Waals surface area contributed by atoms with Crippen molar-refractivity contribution in [1.82, 2.24) is 4.90 Å². The number of amides is 2. The number of anilines is 1. The van der Waals surface area contributed by atoms with Gasteiger partial charge in [0.1, 0.15) is 11.6 Å². The van der Waals surface area contributed by atoms with Crippen LogP contribution in [0.25, 0.3) is 0 Å². The second-order valence-corrected chi connectivity index (χ2v) is 4.71. The molecule has 1 atom stereocenters. The van der Waals surface area contributed by atoms with Gasteiger partial charge in [-0.15, -0.1) is 0 Å². The molecule has 0 radical (unpaired) electrons. The number of carboxylic acids is 1. The normalized spacial score (nSPS) is 18.7. The molecule has 1 aromatic carbocycles. The summed E-state index contributed by atoms with van der Waals surface area (Å²) in [6, 6.07) is 2.15. The number of aliphatic carboxylic acids is 1. The molecule has 1 saturated heterocycles. The molecule has 1 heterocycles. The molecule has 20 heavy (non-hydrogen) atoms. The summed E-state index contributed by atoms with van der Waals surface area (Å²) in [5.41, 5.74) is 0.00458. The van der Waals surface area contributed by atoms with E-state index in [0.717, 1.165) is 12.1 Å². The highest BCUT2D eigenvalue weighted by Gasteiger charge is 2.28. The number of likely N-dealkylation sites (tertiary alicyclic amines) is 1. The van der Waals surface area contributed by atoms with E-state index in [-0.39, 0.29) is 12.2 Å². The average Bonchev–Trinajstić information content (AvgIpc) is 2.37. The summed E-state index contributed by atoms with van der Waals surface area (Å²) in [6.07, 6.45) is 1.11. The molecule has 0 aromatic heterocycles. The van der Waals surface area contributed by atoms with E-state index >= 15 is 0 Å². The number of carboxylic acid groups (broad SMARTS) is 1. The Morgan fingerprint density at radius 1 is 1.25 bits per heavy atom. The first-order chi connectivity index (χ1) is 9.45. The number of benzene rings is 1. The van der Waals surface area contributed by atoms with Crippen molar-refractivity contribution in [2.45, 2.75) is 12.8 Å². The van der Waals surface area contributed by atoms with Crippen molar-refractivity contribution in [1.29, 1.82) is 0 Å². The van der Waals surface area contributed by atoms with Crippen LogP contribution in [0, 0.1) is 17.6 Å². The van der Waals surface area contributed by atoms with E-state index in [0.29, 0.717) is 25.5 Å². The second kappa shape index (κ2) is 5.85. The summed E-state index contributed by atoms with van der Waals surface area (Å²) in [6.45, 7) is 0.520. The first kappa shape index (κ1) is 14.2. The van der Waals surface area contributed by atoms with Crippen LogP contribution in [0.4, 0.5) is 19.3 Å². The third-order valence-electron chi connectivity index (χ3n) is 3.17. The van der Waals surface area contributed by atoms with Gasteiger partial charge in [0, 0.05) is 24.8 Å². The van der Waals surface area contributed by atoms with Gasteiger partial charge in [0.25, 0.3) is 0 Å². The van der Waals surface area contributed by atoms with Gasteiger partial charge in [0.05, 0.1) is 5.92 Å². The number of urea groups is 1. The maximum Gasteiger partial charge on any atom is 0.321 e. The Labute approximate surface area is 114 Å². The topological polar surface area (TPSA) is 69.6 Å². The zero-order chi connectivity index (χ0) is 14.7. The molecule has 0 unspecified atom stereocenters. The highest BCUT2D eigenvalue weighted by atomic mass is 19.1. The minimum absolute atomic E-state index is 0.00458. The SMILES string of the molecule is O=C(O)[C@H]1CCCN(C(=O)Nc2cc(F)cc(F)c2)C1. The Morgan fingerprint density at radius 2 is 1.90 bits per heavy atom. The van der Waals surface area contributed by atoms with Crippen molar-refractivity contribution < 1.29 is 23.5 Å². The molecule has 2 rings (SSSR count). The molecule has 0 saturated carbocycles. The van der Waals surface area contributed by atoms with Gasteiger partial charge >= 0.3 is 12.0 Å². The number of carbonyl (C=O) groups is 2. The first-order valence-corrected chi connectivity index (χ1v) is 6.20. The van der Waals surface area contributed by atoms with Crippen LogP contribution in [0.2, 0.25) is 0 Å². The minimum atomic E-state index is -0.945. The fourth-order valence-corrected chi connectivity index (χ4v) is 2.19. The molecule has 5 nitrogen and oxygen atoms in total. The van der Waals surface area contributed by atoms with E-state index in [2.05, 4.69) is 5.32 Å². The third kappa shape index (κ3) is 3.43. The van der Waals surface area contributed by atoms with E-state index in [1.165, 1.54) is 4.90 Å². The lowest BCUT2D eigenvalue weighted by atomic mass is 9.99. The molecular weight excluding hydrogens is 270 g/mol. The molecule has 7 heteroatoms. The Balaban J connectivity index is 2.02. The van der Waals surface area contributed by atoms with Crippen LogP contribution in [0.5, 0.6) is 0 Å². The fourth-order valence-electron chi connectivity index (χ4n) is 2.19. The van der Waals surface area contributed by atoms with Crippen molar-refractivity contribution in [3.63, 3.8) is 0 Å². The predicted molar refractivity (Wildman–Crippen MR) is 67.3 cm³/mol. The summed E-state index contributed by atoms with van der Waals surface area (Å²) in [5, 5.41) is 11.3. The van der Waals surface area contributed by atoms with Crippen molar-refractivity contribution in [3.8, 4) is 0 Å². The van der Waals surface area contributed by atoms with E-state index < -0.39 is 29.6 Å². The van der Waals surface area contributed by atoms with E-state index in [4.69, 9.17) is 5.11 Å². The highest BCUT2D eigenvalue weighted by molar-refractivity contribution is 5.89. The van der Waals surface area contributed by atoms with Crippen molar-refractivity contribution in [2.75, 3.05) is 18.4 Å². The van der Waals surface area contributed by atoms with E-state index in [9.17, 15) is 18.4 Å². The zero-order valence-electron chi connectivity index (χ0n) is 10.6. The van der Waals surface area contributed by atoms with E-state index in [1.807, 2.05) is 0 Å². The molecule has 0 spiro atoms. The predicted octanol–water partition coefficient (Wildman–Crippen LogP) is 2.29. The standard InChI is InChI=1S/C13H14F2N2O3/c14-9-4-10(15)6-11(5-9)16-13(20)17-3-1-2-8(7-17)12(18)19/h4-6,8H,1-3,7H2,(H,16,20)(H,18,19)/t8-/m0/s1. The number of piperidine rings is 1. The van der Waals surface area contributed by atoms with Crippen molar-refractivity contribution in [3.05, 3.63) is 29.8 Å². The lowest BCUT2D eigenvalue weighted by Crippen LogP contribution is -2.44. The summed E-state index contributed by atoms with van der Waals surface area (Å²) < 4.78 is 26.0. The van der Waals surface area contributed by atoms with Gasteiger partial charge in [-0.25, -0.2) is 13.6 Å². The van der Waals surface area contributed by atoms with Gasteiger partial charge < -0.3 is 15.3 Å². The number of rotatable bonds is 2. The molecular formula is C13H14F2N2O3. The summed E-state index contributed by atoms with van der Waals surface area (Å²) >= 11 is 0. The van der Waals surface area contributed by atoms with Gasteiger partial charge in [-0.1, -0.05) is 0 Å². The Bertz CT molecular complexity index is 516. The van der Waals surface area contributed by atoms with Crippen molar-refractivity contribution >= 4 is 17.7 Å². The van der Waals surface area contributed by atoms with Gasteiger partial charge in [0.2, 0.25) is 0 Å². The van der Waals surface area contributed by atoms with Crippen LogP contribution in [0.3, 0.4) is 0 Å². The smallest absolute Gasteiger partial charge is 0.321 e. The van der Waals surface area contributed by atoms with Gasteiger partial charge in [0.15, 0.2) is 0 Å². The minimum Gasteiger partial charge on any atom is -0.481 e. The Hall–Kier alpha value is -2.18. The lowest BCUT2D eigenvalue weighted by Gasteiger charge is -2.30. The number of halogens is 2. The fraction of sp³-hybridized carbons (Fsp3) is 0.385. The molecule has 2 amide bonds. The molecule has 1 aromatic rings. The molecule has 1 aliphatic rings. The van der Waals surface area contributed by atoms with Gasteiger partial charge in [-0.3, -0.25) is 4.79 Å². The molecule has 108 valence electrons. The highest BCUT2D eigenvalue weighted by Crippen LogP contribution is 2.19. The third-order valence-corrected chi connectivity index (χ3v) is 3.17. The monoisotopic (exact) mass is 284 g/mol. The number of nitrogens with one attached hydrogen (secondary N) is 1. The first-order valence-electron chi connectivity index (χ1n) is 6.20. The van der Waals surface area contributed by atoms with E-state index in [1.54, 1.807) is 0 Å². The summed E-state index contributed by atoms with van der Waals surface area (Å²) in [4.78, 5) is 24.2. The van der Waals surface area contributed by atoms with Gasteiger partial charge in [-0.2, -0.15) is 0 Å². The van der Waals surface area contributed by atoms with Crippen LogP contribution in [-0.4, -0.2) is 35.1 Å². The molecule has 1 aliphatic heterocycles. The summed E-state index contributed by atoms with van der Waals surface area (Å²) in [7, 11) is 0. The van der Waals surface area contributed by atoms with Crippen LogP contribution in [-0.2, 0) is 4.79 Å².